The Morgan fingerprint density at radius 3 is 2.29 bits per heavy atom. The van der Waals surface area contributed by atoms with E-state index in [4.69, 9.17) is 0 Å². The van der Waals surface area contributed by atoms with Gasteiger partial charge in [-0.15, -0.1) is 0 Å². The Kier molecular flexibility index (Phi) is 2.54. The van der Waals surface area contributed by atoms with Crippen molar-refractivity contribution in [3.8, 4) is 0 Å². The van der Waals surface area contributed by atoms with Crippen molar-refractivity contribution in [3.05, 3.63) is 59.7 Å². The van der Waals surface area contributed by atoms with Crippen LogP contribution in [0.1, 0.15) is 17.0 Å². The van der Waals surface area contributed by atoms with Gasteiger partial charge in [0.2, 0.25) is 0 Å². The van der Waals surface area contributed by atoms with Crippen LogP contribution >= 0.6 is 0 Å². The van der Waals surface area contributed by atoms with Gasteiger partial charge < -0.3 is 0 Å². The van der Waals surface area contributed by atoms with Crippen LogP contribution in [0.25, 0.3) is 0 Å². The number of hydrogen-bond donors (Lipinski definition) is 0. The Bertz CT molecular complexity index is 392. The largest absolute Gasteiger partial charge is 0.241 e. The zero-order chi connectivity index (χ0) is 9.80. The normalized spacial score (nSPS) is 10.1. The molecule has 0 radical (unpaired) electrons. The minimum Gasteiger partial charge on any atom is -0.241 e. The van der Waals surface area contributed by atoms with Gasteiger partial charge in [-0.05, 0) is 18.1 Å². The van der Waals surface area contributed by atoms with E-state index in [0.717, 1.165) is 17.8 Å². The molecule has 0 atom stereocenters. The van der Waals surface area contributed by atoms with Gasteiger partial charge in [0.15, 0.2) is 0 Å². The molecule has 0 aliphatic heterocycles. The molecule has 0 fully saturated rings. The molecule has 0 aliphatic carbocycles. The van der Waals surface area contributed by atoms with Crippen LogP contribution < -0.4 is 0 Å². The fraction of sp³-hybridized carbons (Fsp3) is 0.167. The Hall–Kier alpha value is -1.70. The summed E-state index contributed by atoms with van der Waals surface area (Å²) in [5, 5.41) is 0. The molecule has 2 rings (SSSR count). The van der Waals surface area contributed by atoms with Crippen molar-refractivity contribution in [1.29, 1.82) is 0 Å². The summed E-state index contributed by atoms with van der Waals surface area (Å²) in [6.45, 7) is 1.99. The summed E-state index contributed by atoms with van der Waals surface area (Å²) < 4.78 is 0. The molecule has 2 aromatic rings. The number of hydrogen-bond acceptors (Lipinski definition) is 2. The third kappa shape index (κ3) is 2.16. The van der Waals surface area contributed by atoms with E-state index in [2.05, 4.69) is 22.1 Å². The van der Waals surface area contributed by atoms with Gasteiger partial charge >= 0.3 is 0 Å². The number of rotatable bonds is 2. The lowest BCUT2D eigenvalue weighted by Crippen LogP contribution is -1.95. The topological polar surface area (TPSA) is 25.8 Å². The number of benzene rings is 1. The fourth-order valence-electron chi connectivity index (χ4n) is 1.29. The predicted molar refractivity (Wildman–Crippen MR) is 56.0 cm³/mol. The van der Waals surface area contributed by atoms with Gasteiger partial charge in [-0.1, -0.05) is 30.3 Å². The first-order chi connectivity index (χ1) is 6.84. The Morgan fingerprint density at radius 1 is 1.00 bits per heavy atom. The van der Waals surface area contributed by atoms with Gasteiger partial charge in [0.1, 0.15) is 5.82 Å². The molecule has 1 heterocycles. The summed E-state index contributed by atoms with van der Waals surface area (Å²) in [6.07, 6.45) is 4.51. The first-order valence-electron chi connectivity index (χ1n) is 4.66. The number of aryl methyl sites for hydroxylation is 1. The Morgan fingerprint density at radius 2 is 1.64 bits per heavy atom. The molecule has 70 valence electrons. The highest BCUT2D eigenvalue weighted by Gasteiger charge is 1.97. The van der Waals surface area contributed by atoms with Crippen LogP contribution in [0.4, 0.5) is 0 Å². The number of aromatic nitrogens is 2. The molecule has 0 amide bonds. The summed E-state index contributed by atoms with van der Waals surface area (Å²) >= 11 is 0. The summed E-state index contributed by atoms with van der Waals surface area (Å²) in [7, 11) is 0. The van der Waals surface area contributed by atoms with E-state index in [0.29, 0.717) is 0 Å². The third-order valence-corrected chi connectivity index (χ3v) is 2.04. The molecular formula is C12H12N2. The second-order valence-corrected chi connectivity index (χ2v) is 3.34. The highest BCUT2D eigenvalue weighted by atomic mass is 14.9. The lowest BCUT2D eigenvalue weighted by molar-refractivity contribution is 0.955. The predicted octanol–water partition coefficient (Wildman–Crippen LogP) is 2.38. The first-order valence-corrected chi connectivity index (χ1v) is 4.66. The monoisotopic (exact) mass is 184 g/mol. The number of nitrogens with zero attached hydrogens (tertiary/aromatic N) is 2. The van der Waals surface area contributed by atoms with Crippen LogP contribution in [-0.2, 0) is 6.42 Å². The van der Waals surface area contributed by atoms with Crippen LogP contribution in [0.3, 0.4) is 0 Å². The molecule has 0 spiro atoms. The Balaban J connectivity index is 2.16. The smallest absolute Gasteiger partial charge is 0.132 e. The molecule has 1 aromatic heterocycles. The van der Waals surface area contributed by atoms with E-state index < -0.39 is 0 Å². The first kappa shape index (κ1) is 8.88. The van der Waals surface area contributed by atoms with Gasteiger partial charge in [0.25, 0.3) is 0 Å². The van der Waals surface area contributed by atoms with Crippen LogP contribution in [0.15, 0.2) is 42.7 Å². The van der Waals surface area contributed by atoms with Crippen LogP contribution in [-0.4, -0.2) is 9.97 Å². The quantitative estimate of drug-likeness (QED) is 0.716. The average Bonchev–Trinajstić information content (AvgIpc) is 2.23. The van der Waals surface area contributed by atoms with Crippen molar-refractivity contribution in [1.82, 2.24) is 9.97 Å². The van der Waals surface area contributed by atoms with Crippen molar-refractivity contribution >= 4 is 0 Å². The van der Waals surface area contributed by atoms with Gasteiger partial charge in [0, 0.05) is 18.8 Å². The van der Waals surface area contributed by atoms with E-state index in [1.165, 1.54) is 5.56 Å². The van der Waals surface area contributed by atoms with Gasteiger partial charge in [-0.3, -0.25) is 0 Å². The molecule has 0 N–H and O–H groups in total. The maximum atomic E-state index is 4.26. The molecule has 0 bridgehead atoms. The van der Waals surface area contributed by atoms with Crippen molar-refractivity contribution in [3.63, 3.8) is 0 Å². The molecule has 14 heavy (non-hydrogen) atoms. The van der Waals surface area contributed by atoms with E-state index >= 15 is 0 Å². The van der Waals surface area contributed by atoms with Crippen LogP contribution in [0.5, 0.6) is 0 Å². The molecule has 0 saturated carbocycles. The zero-order valence-electron chi connectivity index (χ0n) is 8.14. The average molecular weight is 184 g/mol. The van der Waals surface area contributed by atoms with Crippen LogP contribution in [0.2, 0.25) is 0 Å². The molecule has 0 aliphatic rings. The zero-order valence-corrected chi connectivity index (χ0v) is 8.14. The molecule has 1 aromatic carbocycles. The minimum absolute atomic E-state index is 0.807. The molecule has 2 heteroatoms. The molecule has 0 saturated heterocycles. The van der Waals surface area contributed by atoms with Crippen molar-refractivity contribution < 1.29 is 0 Å². The molecule has 2 nitrogen and oxygen atoms in total. The van der Waals surface area contributed by atoms with Crippen molar-refractivity contribution in [2.45, 2.75) is 13.3 Å². The molecular weight excluding hydrogens is 172 g/mol. The summed E-state index contributed by atoms with van der Waals surface area (Å²) in [6, 6.07) is 10.2. The minimum atomic E-state index is 0.807. The van der Waals surface area contributed by atoms with E-state index in [1.807, 2.05) is 37.5 Å². The van der Waals surface area contributed by atoms with Gasteiger partial charge in [-0.2, -0.15) is 0 Å². The van der Waals surface area contributed by atoms with E-state index in [9.17, 15) is 0 Å². The molecule has 0 unspecified atom stereocenters. The SMILES string of the molecule is Cc1cnc(Cc2ccccc2)nc1. The second-order valence-electron chi connectivity index (χ2n) is 3.34. The highest BCUT2D eigenvalue weighted by molar-refractivity contribution is 5.19. The maximum absolute atomic E-state index is 4.26. The van der Waals surface area contributed by atoms with Crippen molar-refractivity contribution in [2.75, 3.05) is 0 Å². The third-order valence-electron chi connectivity index (χ3n) is 2.04. The lowest BCUT2D eigenvalue weighted by atomic mass is 10.1. The van der Waals surface area contributed by atoms with E-state index in [-0.39, 0.29) is 0 Å². The summed E-state index contributed by atoms with van der Waals surface area (Å²) in [5.74, 6) is 0.877. The fourth-order valence-corrected chi connectivity index (χ4v) is 1.29. The van der Waals surface area contributed by atoms with Crippen LogP contribution in [0, 0.1) is 6.92 Å². The van der Waals surface area contributed by atoms with Gasteiger partial charge in [0.05, 0.1) is 0 Å². The summed E-state index contributed by atoms with van der Waals surface area (Å²) in [5.41, 5.74) is 2.35. The highest BCUT2D eigenvalue weighted by Crippen LogP contribution is 2.04. The standard InChI is InChI=1S/C12H12N2/c1-10-8-13-12(14-9-10)7-11-5-3-2-4-6-11/h2-6,8-9H,7H2,1H3. The van der Waals surface area contributed by atoms with Gasteiger partial charge in [-0.25, -0.2) is 9.97 Å². The summed E-state index contributed by atoms with van der Waals surface area (Å²) in [4.78, 5) is 8.52. The second kappa shape index (κ2) is 4.01. The Labute approximate surface area is 83.7 Å². The van der Waals surface area contributed by atoms with Crippen molar-refractivity contribution in [2.24, 2.45) is 0 Å². The lowest BCUT2D eigenvalue weighted by Gasteiger charge is -1.99. The van der Waals surface area contributed by atoms with E-state index in [1.54, 1.807) is 0 Å². The maximum Gasteiger partial charge on any atom is 0.132 e.